The van der Waals surface area contributed by atoms with E-state index in [2.05, 4.69) is 29.6 Å². The molecule has 0 amide bonds. The first kappa shape index (κ1) is 13.0. The van der Waals surface area contributed by atoms with Gasteiger partial charge in [-0.25, -0.2) is 0 Å². The Kier molecular flexibility index (Phi) is 3.61. The second-order valence-electron chi connectivity index (χ2n) is 5.17. The summed E-state index contributed by atoms with van der Waals surface area (Å²) < 4.78 is 6.18. The highest BCUT2D eigenvalue weighted by Crippen LogP contribution is 2.23. The Morgan fingerprint density at radius 1 is 1.25 bits per heavy atom. The van der Waals surface area contributed by atoms with E-state index >= 15 is 0 Å². The zero-order valence-corrected chi connectivity index (χ0v) is 11.7. The van der Waals surface area contributed by atoms with Crippen LogP contribution in [0.1, 0.15) is 12.8 Å². The predicted octanol–water partition coefficient (Wildman–Crippen LogP) is 0.756. The summed E-state index contributed by atoms with van der Waals surface area (Å²) in [6.07, 6.45) is 8.01. The highest BCUT2D eigenvalue weighted by atomic mass is 16.5. The Balaban J connectivity index is 2.11. The number of hydrogen-bond acceptors (Lipinski definition) is 3. The summed E-state index contributed by atoms with van der Waals surface area (Å²) in [6.45, 7) is 0.999. The van der Waals surface area contributed by atoms with Crippen LogP contribution in [0.5, 0.6) is 0 Å². The minimum absolute atomic E-state index is 0.00165. The zero-order chi connectivity index (χ0) is 13.9. The molecule has 1 aromatic carbocycles. The molecule has 1 heterocycles. The Morgan fingerprint density at radius 2 is 2.05 bits per heavy atom. The van der Waals surface area contributed by atoms with E-state index in [-0.39, 0.29) is 6.10 Å². The Bertz CT molecular complexity index is 685. The zero-order valence-electron chi connectivity index (χ0n) is 11.7. The van der Waals surface area contributed by atoms with Gasteiger partial charge in [0.1, 0.15) is 11.9 Å². The van der Waals surface area contributed by atoms with Crippen molar-refractivity contribution < 1.29 is 4.74 Å². The van der Waals surface area contributed by atoms with Crippen LogP contribution < -0.4 is 21.5 Å². The van der Waals surface area contributed by atoms with Gasteiger partial charge in [-0.2, -0.15) is 0 Å². The van der Waals surface area contributed by atoms with E-state index in [0.717, 1.165) is 36.4 Å². The van der Waals surface area contributed by atoms with Gasteiger partial charge in [0.15, 0.2) is 0 Å². The molecule has 0 saturated heterocycles. The second-order valence-corrected chi connectivity index (χ2v) is 5.17. The van der Waals surface area contributed by atoms with Gasteiger partial charge in [0.05, 0.1) is 0 Å². The lowest BCUT2D eigenvalue weighted by molar-refractivity contribution is 0.241. The molecule has 104 valence electrons. The fourth-order valence-corrected chi connectivity index (χ4v) is 2.76. The van der Waals surface area contributed by atoms with Gasteiger partial charge in [-0.3, -0.25) is 0 Å². The number of fused-ring (bicyclic) bond motifs is 2. The number of rotatable bonds is 4. The summed E-state index contributed by atoms with van der Waals surface area (Å²) in [6, 6.07) is 8.42. The fraction of sp³-hybridized carbons (Fsp3) is 0.294. The third-order valence-corrected chi connectivity index (χ3v) is 3.73. The fourth-order valence-electron chi connectivity index (χ4n) is 2.76. The van der Waals surface area contributed by atoms with Crippen molar-refractivity contribution in [2.45, 2.75) is 18.9 Å². The van der Waals surface area contributed by atoms with Gasteiger partial charge in [-0.05, 0) is 43.5 Å². The average molecular weight is 268 g/mol. The van der Waals surface area contributed by atoms with Gasteiger partial charge < -0.3 is 15.8 Å². The summed E-state index contributed by atoms with van der Waals surface area (Å²) in [5, 5.41) is 5.63. The van der Waals surface area contributed by atoms with Crippen molar-refractivity contribution in [3.05, 3.63) is 58.6 Å². The molecule has 0 bridgehead atoms. The lowest BCUT2D eigenvalue weighted by Crippen LogP contribution is -2.38. The number of ether oxygens (including phenoxy) is 1. The SMILES string of the molecule is CNCCCC1=c2ccccc2=C2C=C(N)C=CC2O1. The molecule has 0 radical (unpaired) electrons. The number of nitrogens with one attached hydrogen (secondary N) is 1. The normalized spacial score (nSPS) is 20.1. The molecule has 1 atom stereocenters. The first-order chi connectivity index (χ1) is 9.79. The van der Waals surface area contributed by atoms with Crippen LogP contribution in [0.25, 0.3) is 11.3 Å². The molecular formula is C17H20N2O. The molecule has 0 spiro atoms. The third-order valence-electron chi connectivity index (χ3n) is 3.73. The van der Waals surface area contributed by atoms with Crippen molar-refractivity contribution in [1.29, 1.82) is 0 Å². The number of hydrogen-bond donors (Lipinski definition) is 2. The van der Waals surface area contributed by atoms with E-state index < -0.39 is 0 Å². The first-order valence-corrected chi connectivity index (χ1v) is 7.08. The van der Waals surface area contributed by atoms with Crippen LogP contribution in [0, 0.1) is 0 Å². The molecule has 0 saturated carbocycles. The molecule has 0 fully saturated rings. The minimum Gasteiger partial charge on any atom is -0.485 e. The maximum atomic E-state index is 6.18. The van der Waals surface area contributed by atoms with Gasteiger partial charge in [0, 0.05) is 22.9 Å². The van der Waals surface area contributed by atoms with Crippen LogP contribution in [0.3, 0.4) is 0 Å². The van der Waals surface area contributed by atoms with Crippen LogP contribution in [0.4, 0.5) is 0 Å². The molecular weight excluding hydrogens is 248 g/mol. The van der Waals surface area contributed by atoms with Crippen molar-refractivity contribution >= 4 is 11.3 Å². The maximum absolute atomic E-state index is 6.18. The Labute approximate surface area is 119 Å². The molecule has 1 aromatic rings. The largest absolute Gasteiger partial charge is 0.485 e. The summed E-state index contributed by atoms with van der Waals surface area (Å²) in [7, 11) is 1.98. The molecule has 1 aliphatic heterocycles. The van der Waals surface area contributed by atoms with Crippen molar-refractivity contribution in [1.82, 2.24) is 5.32 Å². The van der Waals surface area contributed by atoms with Crippen molar-refractivity contribution in [2.75, 3.05) is 13.6 Å². The second kappa shape index (κ2) is 5.55. The van der Waals surface area contributed by atoms with Gasteiger partial charge in [0.2, 0.25) is 0 Å². The summed E-state index contributed by atoms with van der Waals surface area (Å²) in [5.41, 5.74) is 7.86. The van der Waals surface area contributed by atoms with Crippen molar-refractivity contribution in [2.24, 2.45) is 5.73 Å². The average Bonchev–Trinajstić information content (AvgIpc) is 2.48. The highest BCUT2D eigenvalue weighted by Gasteiger charge is 2.21. The monoisotopic (exact) mass is 268 g/mol. The molecule has 2 aliphatic rings. The van der Waals surface area contributed by atoms with Gasteiger partial charge in [-0.1, -0.05) is 24.3 Å². The molecule has 20 heavy (non-hydrogen) atoms. The van der Waals surface area contributed by atoms with Crippen LogP contribution in [-0.2, 0) is 4.74 Å². The standard InChI is InChI=1S/C17H20N2O/c1-19-10-4-7-16-14-6-3-2-5-13(14)15-11-12(18)8-9-17(15)20-16/h2-3,5-6,8-9,11,17,19H,4,7,10,18H2,1H3. The molecule has 3 rings (SSSR count). The third kappa shape index (κ3) is 2.37. The van der Waals surface area contributed by atoms with Gasteiger partial charge >= 0.3 is 0 Å². The smallest absolute Gasteiger partial charge is 0.143 e. The summed E-state index contributed by atoms with van der Waals surface area (Å²) in [4.78, 5) is 0. The van der Waals surface area contributed by atoms with E-state index in [1.54, 1.807) is 0 Å². The molecule has 0 aromatic heterocycles. The minimum atomic E-state index is 0.00165. The maximum Gasteiger partial charge on any atom is 0.143 e. The van der Waals surface area contributed by atoms with Gasteiger partial charge in [-0.15, -0.1) is 0 Å². The Hall–Kier alpha value is -2.00. The van der Waals surface area contributed by atoms with Crippen LogP contribution in [0.15, 0.2) is 48.2 Å². The molecule has 3 nitrogen and oxygen atoms in total. The first-order valence-electron chi connectivity index (χ1n) is 7.08. The number of benzene rings is 1. The summed E-state index contributed by atoms with van der Waals surface area (Å²) in [5.74, 6) is 1.09. The van der Waals surface area contributed by atoms with E-state index in [4.69, 9.17) is 10.5 Å². The summed E-state index contributed by atoms with van der Waals surface area (Å²) >= 11 is 0. The molecule has 3 heteroatoms. The van der Waals surface area contributed by atoms with Crippen LogP contribution >= 0.6 is 0 Å². The van der Waals surface area contributed by atoms with E-state index in [0.29, 0.717) is 0 Å². The van der Waals surface area contributed by atoms with Crippen molar-refractivity contribution in [3.63, 3.8) is 0 Å². The number of nitrogens with two attached hydrogens (primary N) is 1. The molecule has 1 aliphatic carbocycles. The highest BCUT2D eigenvalue weighted by molar-refractivity contribution is 5.70. The van der Waals surface area contributed by atoms with Crippen LogP contribution in [0.2, 0.25) is 0 Å². The van der Waals surface area contributed by atoms with E-state index in [1.807, 2.05) is 25.3 Å². The molecule has 1 unspecified atom stereocenters. The molecule has 3 N–H and O–H groups in total. The van der Waals surface area contributed by atoms with Crippen molar-refractivity contribution in [3.8, 4) is 0 Å². The van der Waals surface area contributed by atoms with E-state index in [9.17, 15) is 0 Å². The number of allylic oxidation sites excluding steroid dienone is 1. The Morgan fingerprint density at radius 3 is 2.85 bits per heavy atom. The van der Waals surface area contributed by atoms with Gasteiger partial charge in [0.25, 0.3) is 0 Å². The topological polar surface area (TPSA) is 47.3 Å². The lowest BCUT2D eigenvalue weighted by atomic mass is 9.96. The lowest BCUT2D eigenvalue weighted by Gasteiger charge is -2.26. The quantitative estimate of drug-likeness (QED) is 0.793. The predicted molar refractivity (Wildman–Crippen MR) is 82.0 cm³/mol. The van der Waals surface area contributed by atoms with E-state index in [1.165, 1.54) is 10.4 Å². The van der Waals surface area contributed by atoms with Crippen LogP contribution in [-0.4, -0.2) is 19.7 Å².